The highest BCUT2D eigenvalue weighted by molar-refractivity contribution is 5.89. The Morgan fingerprint density at radius 2 is 2.00 bits per heavy atom. The second kappa shape index (κ2) is 6.22. The molecule has 2 fully saturated rings. The van der Waals surface area contributed by atoms with E-state index in [0.717, 1.165) is 12.8 Å². The van der Waals surface area contributed by atoms with E-state index in [1.165, 1.54) is 12.1 Å². The molecule has 1 atom stereocenters. The number of hydrogen-bond acceptors (Lipinski definition) is 3. The Hall–Kier alpha value is -1.66. The van der Waals surface area contributed by atoms with Gasteiger partial charge in [-0.3, -0.25) is 0 Å². The van der Waals surface area contributed by atoms with Crippen molar-refractivity contribution < 1.29 is 18.7 Å². The summed E-state index contributed by atoms with van der Waals surface area (Å²) in [6.07, 6.45) is 1.90. The Morgan fingerprint density at radius 3 is 2.68 bits per heavy atom. The molecule has 22 heavy (non-hydrogen) atoms. The molecule has 0 bridgehead atoms. The molecule has 120 valence electrons. The number of halogens is 1. The van der Waals surface area contributed by atoms with Gasteiger partial charge in [0.1, 0.15) is 5.82 Å². The Balaban J connectivity index is 1.61. The maximum Gasteiger partial charge on any atom is 0.321 e. The molecule has 1 aromatic carbocycles. The first-order valence-electron chi connectivity index (χ1n) is 7.66. The van der Waals surface area contributed by atoms with Crippen molar-refractivity contribution in [1.29, 1.82) is 0 Å². The lowest BCUT2D eigenvalue weighted by molar-refractivity contribution is -0.189. The molecule has 1 unspecified atom stereocenters. The molecule has 1 aromatic rings. The highest BCUT2D eigenvalue weighted by Gasteiger charge is 2.42. The van der Waals surface area contributed by atoms with Crippen LogP contribution in [-0.4, -0.2) is 43.0 Å². The van der Waals surface area contributed by atoms with E-state index in [4.69, 9.17) is 9.47 Å². The van der Waals surface area contributed by atoms with Gasteiger partial charge in [0, 0.05) is 24.7 Å². The molecule has 2 saturated heterocycles. The molecular weight excluding hydrogens is 287 g/mol. The minimum absolute atomic E-state index is 0.169. The Morgan fingerprint density at radius 1 is 1.32 bits per heavy atom. The van der Waals surface area contributed by atoms with Crippen molar-refractivity contribution in [2.75, 3.05) is 31.6 Å². The zero-order chi connectivity index (χ0) is 15.6. The monoisotopic (exact) mass is 308 g/mol. The Labute approximate surface area is 129 Å². The van der Waals surface area contributed by atoms with E-state index in [0.29, 0.717) is 32.0 Å². The molecule has 0 spiro atoms. The molecule has 5 nitrogen and oxygen atoms in total. The molecule has 0 aliphatic carbocycles. The summed E-state index contributed by atoms with van der Waals surface area (Å²) in [5, 5.41) is 2.80. The van der Waals surface area contributed by atoms with Crippen molar-refractivity contribution in [2.24, 2.45) is 5.92 Å². The number of nitrogens with one attached hydrogen (secondary N) is 1. The number of hydrogen-bond donors (Lipinski definition) is 1. The molecule has 3 rings (SSSR count). The van der Waals surface area contributed by atoms with Crippen LogP contribution in [-0.2, 0) is 9.47 Å². The number of ether oxygens (including phenoxy) is 2. The summed E-state index contributed by atoms with van der Waals surface area (Å²) in [7, 11) is 0. The Kier molecular flexibility index (Phi) is 4.31. The van der Waals surface area contributed by atoms with Crippen molar-refractivity contribution in [3.63, 3.8) is 0 Å². The molecule has 2 amide bonds. The predicted octanol–water partition coefficient (Wildman–Crippen LogP) is 2.83. The van der Waals surface area contributed by atoms with Crippen LogP contribution in [0.5, 0.6) is 0 Å². The number of rotatable bonds is 2. The summed E-state index contributed by atoms with van der Waals surface area (Å²) in [4.78, 5) is 14.1. The van der Waals surface area contributed by atoms with Crippen LogP contribution in [0.2, 0.25) is 0 Å². The summed E-state index contributed by atoms with van der Waals surface area (Å²) in [6, 6.07) is 5.60. The molecule has 2 aliphatic heterocycles. The predicted molar refractivity (Wildman–Crippen MR) is 80.0 cm³/mol. The van der Waals surface area contributed by atoms with Crippen LogP contribution in [0.1, 0.15) is 19.8 Å². The summed E-state index contributed by atoms with van der Waals surface area (Å²) in [5.74, 6) is -0.739. The third-order valence-electron chi connectivity index (χ3n) is 4.41. The first-order valence-corrected chi connectivity index (χ1v) is 7.66. The Bertz CT molecular complexity index is 529. The number of amides is 2. The summed E-state index contributed by atoms with van der Waals surface area (Å²) in [5.41, 5.74) is 0.591. The standard InChI is InChI=1S/C16H21FN2O3/c1-16(21-9-10-22-16)12-3-2-8-19(11-12)15(20)18-14-6-4-13(17)5-7-14/h4-7,12H,2-3,8-11H2,1H3,(H,18,20). The molecular formula is C16H21FN2O3. The fourth-order valence-corrected chi connectivity index (χ4v) is 3.09. The lowest BCUT2D eigenvalue weighted by atomic mass is 9.90. The minimum atomic E-state index is -0.588. The van der Waals surface area contributed by atoms with E-state index >= 15 is 0 Å². The van der Waals surface area contributed by atoms with Crippen molar-refractivity contribution in [3.05, 3.63) is 30.1 Å². The number of urea groups is 1. The van der Waals surface area contributed by atoms with Gasteiger partial charge in [0.25, 0.3) is 0 Å². The largest absolute Gasteiger partial charge is 0.347 e. The minimum Gasteiger partial charge on any atom is -0.347 e. The summed E-state index contributed by atoms with van der Waals surface area (Å²) >= 11 is 0. The molecule has 0 aromatic heterocycles. The normalized spacial score (nSPS) is 24.3. The lowest BCUT2D eigenvalue weighted by Crippen LogP contribution is -2.49. The quantitative estimate of drug-likeness (QED) is 0.914. The number of piperidine rings is 1. The van der Waals surface area contributed by atoms with Crippen LogP contribution in [0.25, 0.3) is 0 Å². The van der Waals surface area contributed by atoms with E-state index in [2.05, 4.69) is 5.32 Å². The van der Waals surface area contributed by atoms with Crippen LogP contribution in [0.4, 0.5) is 14.9 Å². The van der Waals surface area contributed by atoms with Crippen molar-refractivity contribution in [1.82, 2.24) is 4.90 Å². The fourth-order valence-electron chi connectivity index (χ4n) is 3.09. The highest BCUT2D eigenvalue weighted by atomic mass is 19.1. The SMILES string of the molecule is CC1(C2CCCN(C(=O)Nc3ccc(F)cc3)C2)OCCO1. The molecule has 6 heteroatoms. The van der Waals surface area contributed by atoms with E-state index in [1.807, 2.05) is 6.92 Å². The van der Waals surface area contributed by atoms with Gasteiger partial charge < -0.3 is 19.7 Å². The topological polar surface area (TPSA) is 50.8 Å². The van der Waals surface area contributed by atoms with Crippen LogP contribution in [0.15, 0.2) is 24.3 Å². The van der Waals surface area contributed by atoms with Crippen LogP contribution in [0, 0.1) is 11.7 Å². The number of anilines is 1. The van der Waals surface area contributed by atoms with Gasteiger partial charge in [-0.2, -0.15) is 0 Å². The van der Waals surface area contributed by atoms with Gasteiger partial charge in [-0.15, -0.1) is 0 Å². The maximum atomic E-state index is 12.9. The van der Waals surface area contributed by atoms with Gasteiger partial charge in [-0.1, -0.05) is 0 Å². The first kappa shape index (κ1) is 15.2. The van der Waals surface area contributed by atoms with E-state index in [1.54, 1.807) is 17.0 Å². The van der Waals surface area contributed by atoms with Crippen LogP contribution >= 0.6 is 0 Å². The van der Waals surface area contributed by atoms with Gasteiger partial charge in [0.05, 0.1) is 13.2 Å². The average molecular weight is 308 g/mol. The second-order valence-corrected chi connectivity index (χ2v) is 5.94. The van der Waals surface area contributed by atoms with E-state index in [9.17, 15) is 9.18 Å². The second-order valence-electron chi connectivity index (χ2n) is 5.94. The molecule has 2 aliphatic rings. The third-order valence-corrected chi connectivity index (χ3v) is 4.41. The molecule has 2 heterocycles. The smallest absolute Gasteiger partial charge is 0.321 e. The number of carbonyl (C=O) groups excluding carboxylic acids is 1. The number of benzene rings is 1. The fraction of sp³-hybridized carbons (Fsp3) is 0.562. The van der Waals surface area contributed by atoms with Gasteiger partial charge in [0.15, 0.2) is 5.79 Å². The molecule has 0 saturated carbocycles. The van der Waals surface area contributed by atoms with E-state index < -0.39 is 5.79 Å². The van der Waals surface area contributed by atoms with E-state index in [-0.39, 0.29) is 17.8 Å². The average Bonchev–Trinajstić information content (AvgIpc) is 2.98. The maximum absolute atomic E-state index is 12.9. The number of likely N-dealkylation sites (tertiary alicyclic amines) is 1. The van der Waals surface area contributed by atoms with Gasteiger partial charge in [-0.25, -0.2) is 9.18 Å². The van der Waals surface area contributed by atoms with Crippen molar-refractivity contribution in [2.45, 2.75) is 25.6 Å². The van der Waals surface area contributed by atoms with Gasteiger partial charge in [0.2, 0.25) is 0 Å². The van der Waals surface area contributed by atoms with Crippen molar-refractivity contribution in [3.8, 4) is 0 Å². The van der Waals surface area contributed by atoms with Crippen LogP contribution < -0.4 is 5.32 Å². The summed E-state index contributed by atoms with van der Waals surface area (Å²) in [6.45, 7) is 4.47. The number of carbonyl (C=O) groups is 1. The molecule has 1 N–H and O–H groups in total. The van der Waals surface area contributed by atoms with Gasteiger partial charge >= 0.3 is 6.03 Å². The lowest BCUT2D eigenvalue weighted by Gasteiger charge is -2.39. The zero-order valence-corrected chi connectivity index (χ0v) is 12.7. The van der Waals surface area contributed by atoms with Crippen molar-refractivity contribution >= 4 is 11.7 Å². The molecule has 0 radical (unpaired) electrons. The number of nitrogens with zero attached hydrogens (tertiary/aromatic N) is 1. The first-order chi connectivity index (χ1) is 10.6. The van der Waals surface area contributed by atoms with Gasteiger partial charge in [-0.05, 0) is 44.0 Å². The zero-order valence-electron chi connectivity index (χ0n) is 12.7. The summed E-state index contributed by atoms with van der Waals surface area (Å²) < 4.78 is 24.3. The third kappa shape index (κ3) is 3.23. The highest BCUT2D eigenvalue weighted by Crippen LogP contribution is 2.34. The van der Waals surface area contributed by atoms with Crippen LogP contribution in [0.3, 0.4) is 0 Å².